The van der Waals surface area contributed by atoms with Gasteiger partial charge in [-0.05, 0) is 45.4 Å². The van der Waals surface area contributed by atoms with Crippen molar-refractivity contribution >= 4 is 29.6 Å². The van der Waals surface area contributed by atoms with Crippen molar-refractivity contribution in [2.24, 2.45) is 0 Å². The van der Waals surface area contributed by atoms with Crippen LogP contribution in [0.3, 0.4) is 0 Å². The molecule has 0 aromatic heterocycles. The number of aromatic carboxylic acids is 1. The number of carbonyl (C=O) groups is 2. The molecule has 1 atom stereocenters. The molecule has 0 saturated carbocycles. The van der Waals surface area contributed by atoms with Gasteiger partial charge in [0, 0.05) is 11.6 Å². The maximum Gasteiger partial charge on any atom is 0.335 e. The average molecular weight is 439 g/mol. The van der Waals surface area contributed by atoms with Crippen LogP contribution in [0.2, 0.25) is 0 Å². The molecule has 1 aromatic carbocycles. The largest absolute Gasteiger partial charge is 0.479 e. The van der Waals surface area contributed by atoms with Crippen LogP contribution in [0.1, 0.15) is 83.1 Å². The summed E-state index contributed by atoms with van der Waals surface area (Å²) in [4.78, 5) is 21.1. The minimum atomic E-state index is -0.955. The molecule has 0 spiro atoms. The number of amides is 1. The molecular formula is C23H38N2O4S. The van der Waals surface area contributed by atoms with E-state index in [9.17, 15) is 9.59 Å². The summed E-state index contributed by atoms with van der Waals surface area (Å²) in [6, 6.07) is 6.71. The zero-order valence-electron chi connectivity index (χ0n) is 19.2. The van der Waals surface area contributed by atoms with Gasteiger partial charge in [-0.3, -0.25) is 4.79 Å². The molecule has 30 heavy (non-hydrogen) atoms. The Hall–Kier alpha value is -2.41. The number of hydrogen-bond donors (Lipinski definition) is 3. The smallest absolute Gasteiger partial charge is 0.335 e. The zero-order valence-corrected chi connectivity index (χ0v) is 20.0. The number of nitrogens with one attached hydrogen (secondary N) is 2. The fraction of sp³-hybridized carbons (Fsp3) is 0.522. The Kier molecular flexibility index (Phi) is 19.7. The Bertz CT molecular complexity index is 631. The average Bonchev–Trinajstić information content (AvgIpc) is 2.75. The quantitative estimate of drug-likeness (QED) is 0.189. The second kappa shape index (κ2) is 19.9. The van der Waals surface area contributed by atoms with Crippen molar-refractivity contribution in [3.63, 3.8) is 0 Å². The van der Waals surface area contributed by atoms with Crippen molar-refractivity contribution in [3.05, 3.63) is 47.4 Å². The van der Waals surface area contributed by atoms with Crippen LogP contribution in [0.5, 0.6) is 0 Å². The van der Waals surface area contributed by atoms with E-state index in [1.807, 2.05) is 34.6 Å². The van der Waals surface area contributed by atoms with Gasteiger partial charge < -0.3 is 20.5 Å². The molecule has 0 bridgehead atoms. The Morgan fingerprint density at radius 3 is 2.17 bits per heavy atom. The predicted molar refractivity (Wildman–Crippen MR) is 128 cm³/mol. The first-order valence-corrected chi connectivity index (χ1v) is 10.9. The van der Waals surface area contributed by atoms with Crippen LogP contribution in [0, 0.1) is 0 Å². The third-order valence-electron chi connectivity index (χ3n) is 3.79. The Morgan fingerprint density at radius 2 is 1.73 bits per heavy atom. The van der Waals surface area contributed by atoms with Crippen LogP contribution < -0.4 is 10.6 Å². The van der Waals surface area contributed by atoms with Crippen molar-refractivity contribution in [2.75, 3.05) is 6.61 Å². The molecule has 1 amide bonds. The highest BCUT2D eigenvalue weighted by molar-refractivity contribution is 7.80. The van der Waals surface area contributed by atoms with E-state index in [1.54, 1.807) is 18.2 Å². The molecule has 6 nitrogen and oxygen atoms in total. The van der Waals surface area contributed by atoms with E-state index < -0.39 is 5.97 Å². The summed E-state index contributed by atoms with van der Waals surface area (Å²) in [6.07, 6.45) is 7.39. The van der Waals surface area contributed by atoms with Gasteiger partial charge in [-0.2, -0.15) is 0 Å². The first-order chi connectivity index (χ1) is 14.4. The SMILES string of the molecule is C/C=C(/NC(=S)c1ccc(C(=O)O)cc1)OCC.CC.CCCCCC(C)NC=O. The molecule has 1 aromatic rings. The first kappa shape index (κ1) is 29.8. The zero-order chi connectivity index (χ0) is 23.4. The van der Waals surface area contributed by atoms with E-state index in [0.29, 0.717) is 23.5 Å². The van der Waals surface area contributed by atoms with Crippen LogP contribution >= 0.6 is 12.2 Å². The second-order valence-electron chi connectivity index (χ2n) is 6.10. The first-order valence-electron chi connectivity index (χ1n) is 10.5. The van der Waals surface area contributed by atoms with Crippen LogP contribution in [0.4, 0.5) is 0 Å². The minimum absolute atomic E-state index is 0.234. The lowest BCUT2D eigenvalue weighted by molar-refractivity contribution is -0.110. The molecule has 0 aliphatic heterocycles. The van der Waals surface area contributed by atoms with Gasteiger partial charge in [0.25, 0.3) is 0 Å². The molecule has 0 fully saturated rings. The highest BCUT2D eigenvalue weighted by Gasteiger charge is 2.06. The summed E-state index contributed by atoms with van der Waals surface area (Å²) in [6.45, 7) is 12.5. The lowest BCUT2D eigenvalue weighted by Crippen LogP contribution is -2.23. The number of carboxylic acids is 1. The van der Waals surface area contributed by atoms with Crippen molar-refractivity contribution in [2.45, 2.75) is 73.3 Å². The van der Waals surface area contributed by atoms with Gasteiger partial charge in [-0.25, -0.2) is 4.79 Å². The summed E-state index contributed by atoms with van der Waals surface area (Å²) in [5.41, 5.74) is 0.978. The van der Waals surface area contributed by atoms with Crippen LogP contribution in [-0.2, 0) is 9.53 Å². The van der Waals surface area contributed by atoms with Crippen LogP contribution in [0.25, 0.3) is 0 Å². The number of ether oxygens (including phenoxy) is 1. The van der Waals surface area contributed by atoms with Crippen LogP contribution in [-0.4, -0.2) is 35.1 Å². The van der Waals surface area contributed by atoms with E-state index in [-0.39, 0.29) is 5.56 Å². The molecule has 0 heterocycles. The van der Waals surface area contributed by atoms with E-state index in [1.165, 1.54) is 31.4 Å². The minimum Gasteiger partial charge on any atom is -0.479 e. The number of benzene rings is 1. The summed E-state index contributed by atoms with van der Waals surface area (Å²) < 4.78 is 5.31. The number of hydrogen-bond acceptors (Lipinski definition) is 4. The molecular weight excluding hydrogens is 400 g/mol. The van der Waals surface area contributed by atoms with Crippen LogP contribution in [0.15, 0.2) is 36.2 Å². The van der Waals surface area contributed by atoms with Gasteiger partial charge in [0.1, 0.15) is 4.99 Å². The third kappa shape index (κ3) is 14.6. The lowest BCUT2D eigenvalue weighted by atomic mass is 10.1. The number of unbranched alkanes of at least 4 members (excludes halogenated alkanes) is 2. The van der Waals surface area contributed by atoms with Crippen molar-refractivity contribution in [3.8, 4) is 0 Å². The summed E-state index contributed by atoms with van der Waals surface area (Å²) in [5.74, 6) is -0.367. The maximum absolute atomic E-state index is 10.7. The van der Waals surface area contributed by atoms with E-state index in [2.05, 4.69) is 17.6 Å². The normalized spacial score (nSPS) is 10.9. The van der Waals surface area contributed by atoms with Gasteiger partial charge in [-0.1, -0.05) is 64.4 Å². The van der Waals surface area contributed by atoms with Gasteiger partial charge in [0.05, 0.1) is 12.2 Å². The predicted octanol–water partition coefficient (Wildman–Crippen LogP) is 5.28. The summed E-state index contributed by atoms with van der Waals surface area (Å²) in [7, 11) is 0. The molecule has 0 aliphatic carbocycles. The number of allylic oxidation sites excluding steroid dienone is 1. The van der Waals surface area contributed by atoms with Crippen molar-refractivity contribution in [1.82, 2.24) is 10.6 Å². The Labute approximate surface area is 187 Å². The van der Waals surface area contributed by atoms with E-state index in [4.69, 9.17) is 22.1 Å². The van der Waals surface area contributed by atoms with E-state index >= 15 is 0 Å². The van der Waals surface area contributed by atoms with Crippen molar-refractivity contribution < 1.29 is 19.4 Å². The fourth-order valence-electron chi connectivity index (χ4n) is 2.20. The third-order valence-corrected chi connectivity index (χ3v) is 4.12. The monoisotopic (exact) mass is 438 g/mol. The summed E-state index contributed by atoms with van der Waals surface area (Å²) in [5, 5.41) is 14.5. The molecule has 0 saturated heterocycles. The molecule has 1 rings (SSSR count). The van der Waals surface area contributed by atoms with Gasteiger partial charge in [-0.15, -0.1) is 0 Å². The Balaban J connectivity index is 0. The van der Waals surface area contributed by atoms with Gasteiger partial charge >= 0.3 is 5.97 Å². The number of carboxylic acid groups (broad SMARTS) is 1. The molecule has 170 valence electrons. The number of rotatable bonds is 11. The Morgan fingerprint density at radius 1 is 1.17 bits per heavy atom. The van der Waals surface area contributed by atoms with Gasteiger partial charge in [0.15, 0.2) is 5.88 Å². The van der Waals surface area contributed by atoms with E-state index in [0.717, 1.165) is 18.4 Å². The van der Waals surface area contributed by atoms with Gasteiger partial charge in [0.2, 0.25) is 6.41 Å². The maximum atomic E-state index is 10.7. The topological polar surface area (TPSA) is 87.7 Å². The lowest BCUT2D eigenvalue weighted by Gasteiger charge is -2.12. The van der Waals surface area contributed by atoms with Crippen molar-refractivity contribution in [1.29, 1.82) is 0 Å². The standard InChI is InChI=1S/C13H15NO3S.C8H17NO.C2H6/c1-3-11(17-4-2)14-12(18)9-5-7-10(8-6-9)13(15)16;1-3-4-5-6-8(2)9-7-10;1-2/h3,5-8H,4H2,1-2H3,(H,14,18)(H,15,16);7-8H,3-6H2,1-2H3,(H,9,10);1-2H3/b11-3-;;. The molecule has 3 N–H and O–H groups in total. The molecule has 7 heteroatoms. The highest BCUT2D eigenvalue weighted by Crippen LogP contribution is 2.06. The molecule has 1 unspecified atom stereocenters. The summed E-state index contributed by atoms with van der Waals surface area (Å²) >= 11 is 5.21. The molecule has 0 aliphatic rings. The second-order valence-corrected chi connectivity index (χ2v) is 6.51. The number of carbonyl (C=O) groups excluding carboxylic acids is 1. The number of thiocarbonyl (C=S) groups is 1. The molecule has 0 radical (unpaired) electrons. The fourth-order valence-corrected chi connectivity index (χ4v) is 2.43. The highest BCUT2D eigenvalue weighted by atomic mass is 32.1.